The van der Waals surface area contributed by atoms with Crippen molar-refractivity contribution in [1.82, 2.24) is 15.5 Å². The zero-order valence-electron chi connectivity index (χ0n) is 16.8. The van der Waals surface area contributed by atoms with Gasteiger partial charge in [-0.1, -0.05) is 36.4 Å². The number of benzene rings is 2. The summed E-state index contributed by atoms with van der Waals surface area (Å²) < 4.78 is 0. The van der Waals surface area contributed by atoms with Gasteiger partial charge >= 0.3 is 0 Å². The second-order valence-electron chi connectivity index (χ2n) is 7.34. The minimum atomic E-state index is 0.311. The van der Waals surface area contributed by atoms with Crippen molar-refractivity contribution in [2.24, 2.45) is 4.99 Å². The molecule has 2 aromatic carbocycles. The Bertz CT molecular complexity index is 751. The largest absolute Gasteiger partial charge is 0.508 e. The predicted molar refractivity (Wildman–Crippen MR) is 116 cm³/mol. The molecule has 0 saturated carbocycles. The average molecular weight is 381 g/mol. The molecule has 0 bridgehead atoms. The van der Waals surface area contributed by atoms with E-state index in [2.05, 4.69) is 46.7 Å². The molecule has 2 aromatic rings. The molecule has 0 spiro atoms. The Morgan fingerprint density at radius 2 is 1.75 bits per heavy atom. The predicted octanol–water partition coefficient (Wildman–Crippen LogP) is 3.29. The fourth-order valence-corrected chi connectivity index (χ4v) is 3.50. The lowest BCUT2D eigenvalue weighted by Gasteiger charge is -2.14. The fourth-order valence-electron chi connectivity index (χ4n) is 3.50. The molecule has 1 saturated heterocycles. The summed E-state index contributed by atoms with van der Waals surface area (Å²) in [5.74, 6) is 1.13. The van der Waals surface area contributed by atoms with Gasteiger partial charge in [-0.15, -0.1) is 0 Å². The molecule has 3 N–H and O–H groups in total. The lowest BCUT2D eigenvalue weighted by molar-refractivity contribution is 0.331. The monoisotopic (exact) mass is 380 g/mol. The van der Waals surface area contributed by atoms with Crippen LogP contribution in [0.25, 0.3) is 0 Å². The summed E-state index contributed by atoms with van der Waals surface area (Å²) in [4.78, 5) is 7.22. The molecular formula is C23H32N4O. The number of phenols is 1. The van der Waals surface area contributed by atoms with E-state index in [0.29, 0.717) is 12.3 Å². The summed E-state index contributed by atoms with van der Waals surface area (Å²) in [5.41, 5.74) is 3.71. The lowest BCUT2D eigenvalue weighted by Crippen LogP contribution is -2.38. The third-order valence-corrected chi connectivity index (χ3v) is 5.01. The Morgan fingerprint density at radius 3 is 2.46 bits per heavy atom. The van der Waals surface area contributed by atoms with Crippen LogP contribution in [0.1, 0.15) is 36.5 Å². The quantitative estimate of drug-likeness (QED) is 0.486. The number of aromatic hydroxyl groups is 1. The maximum Gasteiger partial charge on any atom is 0.191 e. The average Bonchev–Trinajstić information content (AvgIpc) is 3.20. The van der Waals surface area contributed by atoms with Gasteiger partial charge in [0.2, 0.25) is 0 Å². The van der Waals surface area contributed by atoms with Crippen LogP contribution in [0.4, 0.5) is 0 Å². The van der Waals surface area contributed by atoms with Crippen LogP contribution >= 0.6 is 0 Å². The second-order valence-corrected chi connectivity index (χ2v) is 7.34. The number of nitrogens with one attached hydrogen (secondary N) is 2. The molecule has 1 aliphatic rings. The first kappa shape index (κ1) is 20.2. The number of phenolic OH excluding ortho intramolecular Hbond substituents is 1. The van der Waals surface area contributed by atoms with Crippen LogP contribution in [0.2, 0.25) is 0 Å². The van der Waals surface area contributed by atoms with Gasteiger partial charge < -0.3 is 15.7 Å². The van der Waals surface area contributed by atoms with E-state index in [1.54, 1.807) is 12.1 Å². The van der Waals surface area contributed by atoms with Crippen LogP contribution in [-0.2, 0) is 19.5 Å². The maximum absolute atomic E-state index is 9.56. The van der Waals surface area contributed by atoms with Gasteiger partial charge in [-0.2, -0.15) is 0 Å². The third-order valence-electron chi connectivity index (χ3n) is 5.01. The van der Waals surface area contributed by atoms with Crippen LogP contribution in [0.15, 0.2) is 53.5 Å². The van der Waals surface area contributed by atoms with E-state index in [1.807, 2.05) is 12.1 Å². The molecule has 1 heterocycles. The molecule has 0 aromatic heterocycles. The molecule has 0 aliphatic carbocycles. The Morgan fingerprint density at radius 1 is 1.00 bits per heavy atom. The zero-order valence-corrected chi connectivity index (χ0v) is 16.8. The number of guanidine groups is 1. The molecule has 150 valence electrons. The number of nitrogens with zero attached hydrogens (tertiary/aromatic N) is 2. The molecule has 1 fully saturated rings. The van der Waals surface area contributed by atoms with Crippen molar-refractivity contribution < 1.29 is 5.11 Å². The number of hydrogen-bond donors (Lipinski definition) is 3. The normalized spacial score (nSPS) is 15.0. The summed E-state index contributed by atoms with van der Waals surface area (Å²) in [6.07, 6.45) is 3.50. The van der Waals surface area contributed by atoms with E-state index in [1.165, 1.54) is 37.1 Å². The van der Waals surface area contributed by atoms with Crippen LogP contribution in [0.5, 0.6) is 5.75 Å². The molecule has 5 nitrogen and oxygen atoms in total. The third kappa shape index (κ3) is 6.57. The number of likely N-dealkylation sites (tertiary alicyclic amines) is 1. The van der Waals surface area contributed by atoms with Gasteiger partial charge in [-0.25, -0.2) is 4.99 Å². The van der Waals surface area contributed by atoms with E-state index in [9.17, 15) is 5.11 Å². The highest BCUT2D eigenvalue weighted by Crippen LogP contribution is 2.14. The van der Waals surface area contributed by atoms with Crippen molar-refractivity contribution in [3.63, 3.8) is 0 Å². The van der Waals surface area contributed by atoms with Crippen LogP contribution in [-0.4, -0.2) is 42.1 Å². The zero-order chi connectivity index (χ0) is 19.6. The van der Waals surface area contributed by atoms with Gasteiger partial charge in [0, 0.05) is 19.6 Å². The summed E-state index contributed by atoms with van der Waals surface area (Å²) >= 11 is 0. The van der Waals surface area contributed by atoms with Crippen LogP contribution in [0, 0.1) is 0 Å². The first-order valence-corrected chi connectivity index (χ1v) is 10.3. The van der Waals surface area contributed by atoms with Crippen LogP contribution < -0.4 is 10.6 Å². The Kier molecular flexibility index (Phi) is 7.73. The Hall–Kier alpha value is -2.53. The highest BCUT2D eigenvalue weighted by Gasteiger charge is 2.11. The van der Waals surface area contributed by atoms with E-state index in [-0.39, 0.29) is 0 Å². The summed E-state index contributed by atoms with van der Waals surface area (Å²) in [5, 5.41) is 16.2. The highest BCUT2D eigenvalue weighted by atomic mass is 16.3. The van der Waals surface area contributed by atoms with Gasteiger partial charge in [0.05, 0.1) is 6.54 Å². The summed E-state index contributed by atoms with van der Waals surface area (Å²) in [6, 6.07) is 16.2. The van der Waals surface area contributed by atoms with E-state index < -0.39 is 0 Å². The minimum absolute atomic E-state index is 0.311. The van der Waals surface area contributed by atoms with E-state index in [0.717, 1.165) is 37.6 Å². The minimum Gasteiger partial charge on any atom is -0.508 e. The Balaban J connectivity index is 1.48. The molecule has 5 heteroatoms. The molecule has 1 aliphatic heterocycles. The maximum atomic E-state index is 9.56. The lowest BCUT2D eigenvalue weighted by atomic mass is 10.1. The second kappa shape index (κ2) is 10.7. The van der Waals surface area contributed by atoms with Crippen molar-refractivity contribution in [3.05, 3.63) is 65.2 Å². The molecule has 0 unspecified atom stereocenters. The van der Waals surface area contributed by atoms with Gasteiger partial charge in [-0.05, 0) is 68.1 Å². The van der Waals surface area contributed by atoms with E-state index in [4.69, 9.17) is 4.99 Å². The van der Waals surface area contributed by atoms with Crippen LogP contribution in [0.3, 0.4) is 0 Å². The SMILES string of the molecule is CCNC(=NCc1ccc(CN2CCCC2)cc1)NCCc1cccc(O)c1. The summed E-state index contributed by atoms with van der Waals surface area (Å²) in [6.45, 7) is 7.84. The van der Waals surface area contributed by atoms with Crippen molar-refractivity contribution >= 4 is 5.96 Å². The van der Waals surface area contributed by atoms with Gasteiger partial charge in [0.1, 0.15) is 5.75 Å². The topological polar surface area (TPSA) is 59.9 Å². The van der Waals surface area contributed by atoms with Crippen molar-refractivity contribution in [2.75, 3.05) is 26.2 Å². The van der Waals surface area contributed by atoms with Gasteiger partial charge in [-0.3, -0.25) is 4.90 Å². The molecular weight excluding hydrogens is 348 g/mol. The number of aliphatic imine (C=N–C) groups is 1. The standard InChI is InChI=1S/C23H32N4O/c1-2-24-23(25-13-12-19-6-5-7-22(28)16-19)26-17-20-8-10-21(11-9-20)18-27-14-3-4-15-27/h5-11,16,28H,2-4,12-15,17-18H2,1H3,(H2,24,25,26). The number of rotatable bonds is 8. The number of hydrogen-bond acceptors (Lipinski definition) is 3. The van der Waals surface area contributed by atoms with Crippen molar-refractivity contribution in [2.45, 2.75) is 39.3 Å². The fraction of sp³-hybridized carbons (Fsp3) is 0.435. The van der Waals surface area contributed by atoms with Crippen molar-refractivity contribution in [1.29, 1.82) is 0 Å². The summed E-state index contributed by atoms with van der Waals surface area (Å²) in [7, 11) is 0. The molecule has 0 radical (unpaired) electrons. The highest BCUT2D eigenvalue weighted by molar-refractivity contribution is 5.79. The first-order valence-electron chi connectivity index (χ1n) is 10.3. The molecule has 3 rings (SSSR count). The smallest absolute Gasteiger partial charge is 0.191 e. The molecule has 0 amide bonds. The van der Waals surface area contributed by atoms with Gasteiger partial charge in [0.15, 0.2) is 5.96 Å². The molecule has 28 heavy (non-hydrogen) atoms. The van der Waals surface area contributed by atoms with Crippen molar-refractivity contribution in [3.8, 4) is 5.75 Å². The van der Waals surface area contributed by atoms with Gasteiger partial charge in [0.25, 0.3) is 0 Å². The first-order chi connectivity index (χ1) is 13.7. The molecule has 0 atom stereocenters. The van der Waals surface area contributed by atoms with E-state index >= 15 is 0 Å². The Labute approximate surface area is 168 Å².